The summed E-state index contributed by atoms with van der Waals surface area (Å²) in [6, 6.07) is 21.0. The van der Waals surface area contributed by atoms with Crippen LogP contribution in [0.2, 0.25) is 5.02 Å². The number of furan rings is 1. The molecule has 1 amide bonds. The first kappa shape index (κ1) is 21.0. The highest BCUT2D eigenvalue weighted by molar-refractivity contribution is 6.31. The van der Waals surface area contributed by atoms with Gasteiger partial charge in [-0.15, -0.1) is 0 Å². The molecular weight excluding hydrogens is 443 g/mol. The number of halogens is 2. The molecule has 0 aliphatic carbocycles. The lowest BCUT2D eigenvalue weighted by molar-refractivity contribution is 0.0924. The summed E-state index contributed by atoms with van der Waals surface area (Å²) in [7, 11) is 0. The second-order valence-electron chi connectivity index (χ2n) is 7.66. The van der Waals surface area contributed by atoms with Crippen LogP contribution in [0.1, 0.15) is 21.7 Å². The molecule has 5 rings (SSSR count). The van der Waals surface area contributed by atoms with E-state index in [1.165, 1.54) is 12.1 Å². The number of hydrogen-bond acceptors (Lipinski definition) is 4. The van der Waals surface area contributed by atoms with Crippen LogP contribution in [0.15, 0.2) is 81.6 Å². The van der Waals surface area contributed by atoms with Crippen LogP contribution >= 0.6 is 11.6 Å². The minimum absolute atomic E-state index is 0.00805. The average molecular weight is 461 g/mol. The van der Waals surface area contributed by atoms with Crippen LogP contribution < -0.4 is 5.32 Å². The van der Waals surface area contributed by atoms with Crippen molar-refractivity contribution in [3.05, 3.63) is 101 Å². The van der Waals surface area contributed by atoms with E-state index in [4.69, 9.17) is 20.4 Å². The van der Waals surface area contributed by atoms with Gasteiger partial charge in [0, 0.05) is 17.7 Å². The Labute approximate surface area is 193 Å². The van der Waals surface area contributed by atoms with E-state index in [0.29, 0.717) is 23.8 Å². The Morgan fingerprint density at radius 2 is 1.76 bits per heavy atom. The van der Waals surface area contributed by atoms with E-state index in [2.05, 4.69) is 10.3 Å². The second-order valence-corrected chi connectivity index (χ2v) is 8.07. The van der Waals surface area contributed by atoms with Gasteiger partial charge in [0.05, 0.1) is 5.02 Å². The molecular formula is C26H18ClFN2O3. The number of aryl methyl sites for hydroxylation is 1. The van der Waals surface area contributed by atoms with Gasteiger partial charge in [0.25, 0.3) is 5.91 Å². The lowest BCUT2D eigenvalue weighted by atomic mass is 10.1. The number of amides is 1. The molecule has 0 aliphatic rings. The number of fused-ring (bicyclic) bond motifs is 1. The molecule has 0 bridgehead atoms. The van der Waals surface area contributed by atoms with Crippen LogP contribution in [0.5, 0.6) is 0 Å². The fraction of sp³-hybridized carbons (Fsp3) is 0.0769. The van der Waals surface area contributed by atoms with Gasteiger partial charge in [0.2, 0.25) is 5.89 Å². The molecule has 5 nitrogen and oxygen atoms in total. The summed E-state index contributed by atoms with van der Waals surface area (Å²) in [5.74, 6) is 0.272. The van der Waals surface area contributed by atoms with Gasteiger partial charge in [-0.3, -0.25) is 4.79 Å². The van der Waals surface area contributed by atoms with Crippen LogP contribution in [-0.2, 0) is 6.54 Å². The molecule has 1 N–H and O–H groups in total. The van der Waals surface area contributed by atoms with E-state index in [9.17, 15) is 9.18 Å². The molecule has 3 aromatic carbocycles. The van der Waals surface area contributed by atoms with E-state index in [1.54, 1.807) is 18.2 Å². The zero-order valence-corrected chi connectivity index (χ0v) is 18.3. The Bertz CT molecular complexity index is 1470. The van der Waals surface area contributed by atoms with Crippen LogP contribution in [0.3, 0.4) is 0 Å². The molecule has 0 fully saturated rings. The van der Waals surface area contributed by atoms with Crippen molar-refractivity contribution < 1.29 is 18.0 Å². The lowest BCUT2D eigenvalue weighted by Gasteiger charge is -2.04. The molecule has 7 heteroatoms. The van der Waals surface area contributed by atoms with Crippen molar-refractivity contribution in [1.29, 1.82) is 0 Å². The van der Waals surface area contributed by atoms with Crippen molar-refractivity contribution in [3.8, 4) is 22.8 Å². The van der Waals surface area contributed by atoms with Crippen LogP contribution in [0.25, 0.3) is 33.9 Å². The van der Waals surface area contributed by atoms with Gasteiger partial charge >= 0.3 is 0 Å². The highest BCUT2D eigenvalue weighted by Crippen LogP contribution is 2.27. The van der Waals surface area contributed by atoms with Gasteiger partial charge in [-0.2, -0.15) is 0 Å². The first-order chi connectivity index (χ1) is 16.0. The van der Waals surface area contributed by atoms with Crippen molar-refractivity contribution >= 4 is 28.6 Å². The third kappa shape index (κ3) is 4.38. The zero-order valence-electron chi connectivity index (χ0n) is 17.6. The number of aromatic nitrogens is 1. The van der Waals surface area contributed by atoms with Crippen LogP contribution in [0, 0.1) is 12.7 Å². The van der Waals surface area contributed by atoms with Gasteiger partial charge in [0.1, 0.15) is 17.1 Å². The first-order valence-corrected chi connectivity index (χ1v) is 10.6. The molecule has 2 aromatic heterocycles. The Morgan fingerprint density at radius 1 is 0.970 bits per heavy atom. The number of nitrogens with zero attached hydrogens (tertiary/aromatic N) is 1. The SMILES string of the molecule is Cc1ccc2nc(-c3ccc(CNC(=O)c4ccc(-c5ccc(F)c(Cl)c5)o4)cc3)oc2c1. The fourth-order valence-corrected chi connectivity index (χ4v) is 3.63. The summed E-state index contributed by atoms with van der Waals surface area (Å²) in [6.45, 7) is 2.33. The molecule has 5 aromatic rings. The van der Waals surface area contributed by atoms with E-state index in [-0.39, 0.29) is 16.7 Å². The first-order valence-electron chi connectivity index (χ1n) is 10.3. The molecule has 0 spiro atoms. The molecule has 0 atom stereocenters. The Kier molecular flexibility index (Phi) is 5.44. The monoisotopic (exact) mass is 460 g/mol. The van der Waals surface area contributed by atoms with Crippen molar-refractivity contribution in [2.24, 2.45) is 0 Å². The predicted molar refractivity (Wildman–Crippen MR) is 124 cm³/mol. The summed E-state index contributed by atoms with van der Waals surface area (Å²) < 4.78 is 24.8. The van der Waals surface area contributed by atoms with Crippen molar-refractivity contribution in [2.45, 2.75) is 13.5 Å². The van der Waals surface area contributed by atoms with E-state index >= 15 is 0 Å². The van der Waals surface area contributed by atoms with Crippen LogP contribution in [-0.4, -0.2) is 10.9 Å². The zero-order chi connectivity index (χ0) is 22.9. The number of oxazole rings is 1. The number of carbonyl (C=O) groups is 1. The maximum atomic E-state index is 13.4. The summed E-state index contributed by atoms with van der Waals surface area (Å²) in [4.78, 5) is 17.0. The molecule has 0 unspecified atom stereocenters. The van der Waals surface area contributed by atoms with E-state index < -0.39 is 5.82 Å². The summed E-state index contributed by atoms with van der Waals surface area (Å²) in [6.07, 6.45) is 0. The number of nitrogens with one attached hydrogen (secondary N) is 1. The summed E-state index contributed by atoms with van der Waals surface area (Å²) in [5, 5.41) is 2.82. The van der Waals surface area contributed by atoms with Crippen molar-refractivity contribution in [1.82, 2.24) is 10.3 Å². The third-order valence-corrected chi connectivity index (χ3v) is 5.52. The van der Waals surface area contributed by atoms with Gasteiger partial charge < -0.3 is 14.2 Å². The number of benzene rings is 3. The summed E-state index contributed by atoms with van der Waals surface area (Å²) in [5.41, 5.74) is 5.03. The molecule has 0 radical (unpaired) electrons. The number of rotatable bonds is 5. The standard InChI is InChI=1S/C26H18ClFN2O3/c1-15-2-9-21-24(12-15)33-26(30-21)17-5-3-16(4-6-17)14-29-25(31)23-11-10-22(32-23)18-7-8-20(28)19(27)13-18/h2-13H,14H2,1H3,(H,29,31). The molecule has 33 heavy (non-hydrogen) atoms. The lowest BCUT2D eigenvalue weighted by Crippen LogP contribution is -2.22. The predicted octanol–water partition coefficient (Wildman–Crippen LogP) is 6.79. The van der Waals surface area contributed by atoms with Crippen molar-refractivity contribution in [2.75, 3.05) is 0 Å². The minimum atomic E-state index is -0.512. The number of carbonyl (C=O) groups excluding carboxylic acids is 1. The maximum absolute atomic E-state index is 13.4. The Balaban J connectivity index is 1.24. The highest BCUT2D eigenvalue weighted by atomic mass is 35.5. The average Bonchev–Trinajstić information content (AvgIpc) is 3.47. The molecule has 0 saturated heterocycles. The molecule has 0 saturated carbocycles. The minimum Gasteiger partial charge on any atom is -0.451 e. The number of hydrogen-bond donors (Lipinski definition) is 1. The molecule has 0 aliphatic heterocycles. The highest BCUT2D eigenvalue weighted by Gasteiger charge is 2.14. The van der Waals surface area contributed by atoms with E-state index in [0.717, 1.165) is 27.8 Å². The van der Waals surface area contributed by atoms with Crippen LogP contribution in [0.4, 0.5) is 4.39 Å². The Morgan fingerprint density at radius 3 is 2.55 bits per heavy atom. The largest absolute Gasteiger partial charge is 0.451 e. The normalized spacial score (nSPS) is 11.1. The molecule has 2 heterocycles. The summed E-state index contributed by atoms with van der Waals surface area (Å²) >= 11 is 5.82. The van der Waals surface area contributed by atoms with Gasteiger partial charge in [-0.25, -0.2) is 9.37 Å². The fourth-order valence-electron chi connectivity index (χ4n) is 3.45. The van der Waals surface area contributed by atoms with E-state index in [1.807, 2.05) is 49.4 Å². The topological polar surface area (TPSA) is 68.3 Å². The van der Waals surface area contributed by atoms with Gasteiger partial charge in [-0.05, 0) is 72.6 Å². The third-order valence-electron chi connectivity index (χ3n) is 5.23. The van der Waals surface area contributed by atoms with Crippen molar-refractivity contribution in [3.63, 3.8) is 0 Å². The molecule has 164 valence electrons. The smallest absolute Gasteiger partial charge is 0.287 e. The second kappa shape index (κ2) is 8.56. The Hall–Kier alpha value is -3.90. The van der Waals surface area contributed by atoms with Gasteiger partial charge in [-0.1, -0.05) is 29.8 Å². The quantitative estimate of drug-likeness (QED) is 0.313. The maximum Gasteiger partial charge on any atom is 0.287 e. The van der Waals surface area contributed by atoms with Gasteiger partial charge in [0.15, 0.2) is 11.3 Å².